The molecule has 0 aromatic rings. The van der Waals surface area contributed by atoms with E-state index in [9.17, 15) is 4.79 Å². The second kappa shape index (κ2) is 11.9. The van der Waals surface area contributed by atoms with Crippen LogP contribution in [0.1, 0.15) is 52.4 Å². The molecule has 1 unspecified atom stereocenters. The van der Waals surface area contributed by atoms with E-state index >= 15 is 0 Å². The normalized spacial score (nSPS) is 21.5. The fourth-order valence-corrected chi connectivity index (χ4v) is 3.42. The molecule has 1 saturated heterocycles. The largest absolute Gasteiger partial charge is 0.378 e. The van der Waals surface area contributed by atoms with Crippen molar-refractivity contribution >= 4 is 35.8 Å². The summed E-state index contributed by atoms with van der Waals surface area (Å²) in [5, 5.41) is 6.77. The Bertz CT molecular complexity index is 425. The number of likely N-dealkylation sites (tertiary alicyclic amines) is 1. The van der Waals surface area contributed by atoms with Gasteiger partial charge in [-0.3, -0.25) is 9.79 Å². The Morgan fingerprint density at radius 1 is 1.28 bits per heavy atom. The third-order valence-electron chi connectivity index (χ3n) is 4.83. The molecule has 25 heavy (non-hydrogen) atoms. The molecular formula is C18H35IN4O2. The summed E-state index contributed by atoms with van der Waals surface area (Å²) in [5.74, 6) is 1.13. The van der Waals surface area contributed by atoms with Crippen LogP contribution in [0.3, 0.4) is 0 Å². The van der Waals surface area contributed by atoms with Crippen LogP contribution in [0, 0.1) is 5.92 Å². The highest BCUT2D eigenvalue weighted by atomic mass is 127. The third-order valence-corrected chi connectivity index (χ3v) is 4.83. The van der Waals surface area contributed by atoms with Crippen molar-refractivity contribution in [3.63, 3.8) is 0 Å². The summed E-state index contributed by atoms with van der Waals surface area (Å²) in [5.41, 5.74) is 0. The predicted molar refractivity (Wildman–Crippen MR) is 113 cm³/mol. The van der Waals surface area contributed by atoms with Crippen LogP contribution in [0.4, 0.5) is 0 Å². The number of amides is 1. The third kappa shape index (κ3) is 7.68. The maximum Gasteiger partial charge on any atom is 0.225 e. The van der Waals surface area contributed by atoms with Crippen molar-refractivity contribution in [2.75, 3.05) is 33.3 Å². The molecule has 1 atom stereocenters. The Morgan fingerprint density at radius 2 is 2.00 bits per heavy atom. The average Bonchev–Trinajstić information content (AvgIpc) is 3.24. The highest BCUT2D eigenvalue weighted by molar-refractivity contribution is 14.0. The number of hydrogen-bond donors (Lipinski definition) is 2. The zero-order chi connectivity index (χ0) is 17.4. The van der Waals surface area contributed by atoms with Crippen LogP contribution in [0.15, 0.2) is 4.99 Å². The number of carbonyl (C=O) groups excluding carboxylic acids is 1. The molecule has 1 saturated carbocycles. The van der Waals surface area contributed by atoms with Gasteiger partial charge in [0.05, 0.1) is 6.10 Å². The standard InChI is InChI=1S/C18H34N4O2.HI/c1-14(2)17(23)22-11-9-15(13-22)21-18(19-3)20-10-6-12-24-16-7-4-5-8-16;/h14-16H,4-13H2,1-3H3,(H2,19,20,21);1H. The second-order valence-corrected chi connectivity index (χ2v) is 7.20. The van der Waals surface area contributed by atoms with E-state index in [4.69, 9.17) is 4.74 Å². The lowest BCUT2D eigenvalue weighted by molar-refractivity contribution is -0.133. The van der Waals surface area contributed by atoms with Gasteiger partial charge in [-0.1, -0.05) is 26.7 Å². The molecule has 2 N–H and O–H groups in total. The SMILES string of the molecule is CN=C(NCCCOC1CCCC1)NC1CCN(C(=O)C(C)C)C1.I. The van der Waals surface area contributed by atoms with Crippen LogP contribution in [0.2, 0.25) is 0 Å². The van der Waals surface area contributed by atoms with Gasteiger partial charge < -0.3 is 20.3 Å². The Balaban J connectivity index is 0.00000312. The van der Waals surface area contributed by atoms with Crippen molar-refractivity contribution in [1.29, 1.82) is 0 Å². The fourth-order valence-electron chi connectivity index (χ4n) is 3.42. The molecule has 0 bridgehead atoms. The maximum absolute atomic E-state index is 12.0. The summed E-state index contributed by atoms with van der Waals surface area (Å²) in [6.45, 7) is 7.18. The van der Waals surface area contributed by atoms with Crippen molar-refractivity contribution in [3.05, 3.63) is 0 Å². The lowest BCUT2D eigenvalue weighted by Crippen LogP contribution is -2.45. The number of aliphatic imine (C=N–C) groups is 1. The predicted octanol–water partition coefficient (Wildman–Crippen LogP) is 2.38. The minimum absolute atomic E-state index is 0. The van der Waals surface area contributed by atoms with Gasteiger partial charge in [-0.15, -0.1) is 24.0 Å². The van der Waals surface area contributed by atoms with Gasteiger partial charge in [0.1, 0.15) is 0 Å². The minimum Gasteiger partial charge on any atom is -0.378 e. The van der Waals surface area contributed by atoms with Crippen LogP contribution < -0.4 is 10.6 Å². The molecule has 0 spiro atoms. The van der Waals surface area contributed by atoms with Gasteiger partial charge in [-0.05, 0) is 25.7 Å². The number of ether oxygens (including phenoxy) is 1. The summed E-state index contributed by atoms with van der Waals surface area (Å²) in [6.07, 6.45) is 7.54. The van der Waals surface area contributed by atoms with E-state index < -0.39 is 0 Å². The first-order valence-corrected chi connectivity index (χ1v) is 9.47. The smallest absolute Gasteiger partial charge is 0.225 e. The topological polar surface area (TPSA) is 66.0 Å². The number of guanidine groups is 1. The molecule has 1 heterocycles. The van der Waals surface area contributed by atoms with E-state index in [2.05, 4.69) is 15.6 Å². The van der Waals surface area contributed by atoms with Crippen molar-refractivity contribution in [1.82, 2.24) is 15.5 Å². The minimum atomic E-state index is 0. The van der Waals surface area contributed by atoms with E-state index in [1.807, 2.05) is 18.7 Å². The van der Waals surface area contributed by atoms with E-state index in [-0.39, 0.29) is 41.8 Å². The van der Waals surface area contributed by atoms with Gasteiger partial charge in [0, 0.05) is 45.2 Å². The Kier molecular flexibility index (Phi) is 10.7. The van der Waals surface area contributed by atoms with Gasteiger partial charge in [0.25, 0.3) is 0 Å². The lowest BCUT2D eigenvalue weighted by Gasteiger charge is -2.20. The Labute approximate surface area is 169 Å². The molecular weight excluding hydrogens is 431 g/mol. The van der Waals surface area contributed by atoms with E-state index in [1.165, 1.54) is 25.7 Å². The highest BCUT2D eigenvalue weighted by Crippen LogP contribution is 2.20. The number of rotatable bonds is 7. The van der Waals surface area contributed by atoms with E-state index in [0.717, 1.165) is 45.0 Å². The summed E-state index contributed by atoms with van der Waals surface area (Å²) in [4.78, 5) is 18.3. The lowest BCUT2D eigenvalue weighted by atomic mass is 10.2. The van der Waals surface area contributed by atoms with Crippen molar-refractivity contribution < 1.29 is 9.53 Å². The quantitative estimate of drug-likeness (QED) is 0.262. The number of halogens is 1. The van der Waals surface area contributed by atoms with E-state index in [0.29, 0.717) is 6.10 Å². The molecule has 1 aliphatic carbocycles. The van der Waals surface area contributed by atoms with Crippen LogP contribution in [-0.4, -0.2) is 62.2 Å². The first-order chi connectivity index (χ1) is 11.6. The molecule has 2 fully saturated rings. The van der Waals surface area contributed by atoms with Gasteiger partial charge in [-0.25, -0.2) is 0 Å². The van der Waals surface area contributed by atoms with Gasteiger partial charge in [0.15, 0.2) is 5.96 Å². The number of hydrogen-bond acceptors (Lipinski definition) is 3. The Hall–Kier alpha value is -0.570. The monoisotopic (exact) mass is 466 g/mol. The number of carbonyl (C=O) groups is 1. The first-order valence-electron chi connectivity index (χ1n) is 9.47. The summed E-state index contributed by atoms with van der Waals surface area (Å²) in [7, 11) is 1.79. The van der Waals surface area contributed by atoms with Crippen molar-refractivity contribution in [2.24, 2.45) is 10.9 Å². The average molecular weight is 466 g/mol. The van der Waals surface area contributed by atoms with Crippen LogP contribution in [0.25, 0.3) is 0 Å². The zero-order valence-corrected chi connectivity index (χ0v) is 18.3. The number of nitrogens with zero attached hydrogens (tertiary/aromatic N) is 2. The molecule has 146 valence electrons. The fraction of sp³-hybridized carbons (Fsp3) is 0.889. The van der Waals surface area contributed by atoms with Gasteiger partial charge in [-0.2, -0.15) is 0 Å². The van der Waals surface area contributed by atoms with Crippen LogP contribution in [-0.2, 0) is 9.53 Å². The van der Waals surface area contributed by atoms with E-state index in [1.54, 1.807) is 7.05 Å². The van der Waals surface area contributed by atoms with Crippen LogP contribution in [0.5, 0.6) is 0 Å². The molecule has 1 aliphatic heterocycles. The molecule has 7 heteroatoms. The van der Waals surface area contributed by atoms with Crippen LogP contribution >= 0.6 is 24.0 Å². The molecule has 1 amide bonds. The first kappa shape index (κ1) is 22.5. The highest BCUT2D eigenvalue weighted by Gasteiger charge is 2.27. The summed E-state index contributed by atoms with van der Waals surface area (Å²) in [6, 6.07) is 0.286. The van der Waals surface area contributed by atoms with Gasteiger partial charge in [0.2, 0.25) is 5.91 Å². The van der Waals surface area contributed by atoms with Crippen molar-refractivity contribution in [3.8, 4) is 0 Å². The van der Waals surface area contributed by atoms with Gasteiger partial charge >= 0.3 is 0 Å². The molecule has 2 rings (SSSR count). The zero-order valence-electron chi connectivity index (χ0n) is 15.9. The summed E-state index contributed by atoms with van der Waals surface area (Å²) < 4.78 is 5.87. The molecule has 2 aliphatic rings. The molecule has 0 radical (unpaired) electrons. The summed E-state index contributed by atoms with van der Waals surface area (Å²) >= 11 is 0. The molecule has 6 nitrogen and oxygen atoms in total. The molecule has 0 aromatic heterocycles. The molecule has 0 aromatic carbocycles. The van der Waals surface area contributed by atoms with Crippen molar-refractivity contribution in [2.45, 2.75) is 64.5 Å². The maximum atomic E-state index is 12.0. The number of nitrogens with one attached hydrogen (secondary N) is 2. The second-order valence-electron chi connectivity index (χ2n) is 7.20. The Morgan fingerprint density at radius 3 is 2.64 bits per heavy atom.